The Kier molecular flexibility index (Phi) is 6.77. The zero-order valence-corrected chi connectivity index (χ0v) is 17.6. The maximum Gasteiger partial charge on any atom is 0.295 e. The third-order valence-electron chi connectivity index (χ3n) is 5.14. The fourth-order valence-electron chi connectivity index (χ4n) is 3.63. The van der Waals surface area contributed by atoms with Crippen LogP contribution in [0.2, 0.25) is 0 Å². The Balaban J connectivity index is 2.11. The smallest absolute Gasteiger partial charge is 0.295 e. The highest BCUT2D eigenvalue weighted by Crippen LogP contribution is 2.40. The average molecular weight is 409 g/mol. The third kappa shape index (κ3) is 4.17. The molecular formula is C24H27NO5. The molecule has 0 spiro atoms. The van der Waals surface area contributed by atoms with E-state index in [-0.39, 0.29) is 11.3 Å². The van der Waals surface area contributed by atoms with E-state index in [1.807, 2.05) is 26.0 Å². The molecule has 1 aliphatic rings. The van der Waals surface area contributed by atoms with E-state index in [0.717, 1.165) is 18.4 Å². The van der Waals surface area contributed by atoms with E-state index in [4.69, 9.17) is 9.47 Å². The first kappa shape index (κ1) is 21.4. The van der Waals surface area contributed by atoms with E-state index in [2.05, 4.69) is 0 Å². The molecule has 6 nitrogen and oxygen atoms in total. The van der Waals surface area contributed by atoms with Gasteiger partial charge in [0.1, 0.15) is 17.3 Å². The normalized spacial score (nSPS) is 18.0. The summed E-state index contributed by atoms with van der Waals surface area (Å²) in [6.07, 6.45) is 1.64. The molecule has 1 saturated heterocycles. The molecule has 0 radical (unpaired) electrons. The fraction of sp³-hybridized carbons (Fsp3) is 0.333. The molecule has 1 amide bonds. The van der Waals surface area contributed by atoms with Gasteiger partial charge in [-0.2, -0.15) is 0 Å². The number of rotatable bonds is 8. The molecule has 1 atom stereocenters. The number of methoxy groups -OCH3 is 1. The summed E-state index contributed by atoms with van der Waals surface area (Å²) in [7, 11) is 1.56. The number of aliphatic hydroxyl groups excluding tert-OH is 1. The third-order valence-corrected chi connectivity index (χ3v) is 5.14. The molecule has 2 aromatic carbocycles. The highest BCUT2D eigenvalue weighted by atomic mass is 16.5. The van der Waals surface area contributed by atoms with Crippen LogP contribution in [0.15, 0.2) is 54.1 Å². The highest BCUT2D eigenvalue weighted by Gasteiger charge is 2.45. The van der Waals surface area contributed by atoms with Crippen molar-refractivity contribution in [2.24, 2.45) is 0 Å². The van der Waals surface area contributed by atoms with Crippen LogP contribution >= 0.6 is 0 Å². The summed E-state index contributed by atoms with van der Waals surface area (Å²) in [6, 6.07) is 13.4. The van der Waals surface area contributed by atoms with Crippen molar-refractivity contribution >= 4 is 17.4 Å². The number of Topliss-reactive ketones (excluding diaryl/α,β-unsaturated/α-hetero) is 1. The van der Waals surface area contributed by atoms with Crippen molar-refractivity contribution in [2.75, 3.05) is 20.3 Å². The number of likely N-dealkylation sites (tertiary alicyclic amines) is 1. The molecule has 6 heteroatoms. The first-order valence-electron chi connectivity index (χ1n) is 10.2. The minimum Gasteiger partial charge on any atom is -0.507 e. The summed E-state index contributed by atoms with van der Waals surface area (Å²) in [6.45, 7) is 4.88. The second-order valence-electron chi connectivity index (χ2n) is 7.08. The Bertz CT molecular complexity index is 948. The first-order chi connectivity index (χ1) is 14.5. The van der Waals surface area contributed by atoms with Gasteiger partial charge in [-0.05, 0) is 55.3 Å². The molecule has 0 saturated carbocycles. The van der Waals surface area contributed by atoms with Gasteiger partial charge in [0.05, 0.1) is 25.3 Å². The van der Waals surface area contributed by atoms with E-state index in [1.165, 1.54) is 0 Å². The monoisotopic (exact) mass is 409 g/mol. The van der Waals surface area contributed by atoms with Gasteiger partial charge in [-0.3, -0.25) is 9.59 Å². The number of carbonyl (C=O) groups is 2. The van der Waals surface area contributed by atoms with Crippen molar-refractivity contribution in [3.05, 3.63) is 65.2 Å². The second-order valence-corrected chi connectivity index (χ2v) is 7.08. The van der Waals surface area contributed by atoms with Crippen LogP contribution in [-0.4, -0.2) is 42.0 Å². The lowest BCUT2D eigenvalue weighted by atomic mass is 9.95. The lowest BCUT2D eigenvalue weighted by Crippen LogP contribution is -2.30. The van der Waals surface area contributed by atoms with Crippen molar-refractivity contribution in [2.45, 2.75) is 32.7 Å². The van der Waals surface area contributed by atoms with Crippen LogP contribution in [-0.2, 0) is 9.59 Å². The van der Waals surface area contributed by atoms with Crippen LogP contribution in [0.5, 0.6) is 11.5 Å². The Labute approximate surface area is 176 Å². The van der Waals surface area contributed by atoms with Gasteiger partial charge in [-0.15, -0.1) is 0 Å². The van der Waals surface area contributed by atoms with Crippen LogP contribution in [0.1, 0.15) is 43.9 Å². The van der Waals surface area contributed by atoms with Crippen molar-refractivity contribution in [3.8, 4) is 11.5 Å². The van der Waals surface area contributed by atoms with E-state index in [9.17, 15) is 14.7 Å². The second kappa shape index (κ2) is 9.48. The van der Waals surface area contributed by atoms with Crippen molar-refractivity contribution in [1.29, 1.82) is 0 Å². The van der Waals surface area contributed by atoms with Crippen LogP contribution < -0.4 is 9.47 Å². The quantitative estimate of drug-likeness (QED) is 0.399. The summed E-state index contributed by atoms with van der Waals surface area (Å²) in [5.41, 5.74) is 1.27. The van der Waals surface area contributed by atoms with Gasteiger partial charge in [0, 0.05) is 12.1 Å². The number of hydrogen-bond donors (Lipinski definition) is 1. The fourth-order valence-corrected chi connectivity index (χ4v) is 3.63. The molecule has 2 aromatic rings. The Hall–Kier alpha value is -3.28. The van der Waals surface area contributed by atoms with Gasteiger partial charge < -0.3 is 19.5 Å². The molecule has 0 aliphatic carbocycles. The number of ketones is 1. The number of ether oxygens (including phenoxy) is 2. The van der Waals surface area contributed by atoms with Crippen LogP contribution in [0.25, 0.3) is 5.76 Å². The number of benzene rings is 2. The van der Waals surface area contributed by atoms with Crippen molar-refractivity contribution in [3.63, 3.8) is 0 Å². The van der Waals surface area contributed by atoms with Crippen LogP contribution in [0.3, 0.4) is 0 Å². The average Bonchev–Trinajstić information content (AvgIpc) is 3.02. The van der Waals surface area contributed by atoms with Gasteiger partial charge in [0.15, 0.2) is 0 Å². The minimum absolute atomic E-state index is 0.0912. The number of amides is 1. The molecule has 0 bridgehead atoms. The molecule has 1 aliphatic heterocycles. The van der Waals surface area contributed by atoms with Gasteiger partial charge in [0.2, 0.25) is 0 Å². The first-order valence-corrected chi connectivity index (χ1v) is 10.2. The summed E-state index contributed by atoms with van der Waals surface area (Å²) in [5.74, 6) is -0.172. The summed E-state index contributed by atoms with van der Waals surface area (Å²) in [4.78, 5) is 27.3. The standard InChI is InChI=1S/C24H27NO5/c1-4-6-14-25-21(17-8-7-9-19(15-17)29-3)20(23(27)24(25)28)22(26)16-10-12-18(13-11-16)30-5-2/h7-13,15,21,26H,4-6,14H2,1-3H3/b22-20-. The zero-order valence-electron chi connectivity index (χ0n) is 17.6. The van der Waals surface area contributed by atoms with Gasteiger partial charge in [-0.25, -0.2) is 0 Å². The van der Waals surface area contributed by atoms with E-state index in [1.54, 1.807) is 48.4 Å². The molecule has 1 unspecified atom stereocenters. The maximum atomic E-state index is 12.9. The molecule has 1 heterocycles. The minimum atomic E-state index is -0.676. The number of hydrogen-bond acceptors (Lipinski definition) is 5. The van der Waals surface area contributed by atoms with E-state index in [0.29, 0.717) is 30.2 Å². The predicted octanol–water partition coefficient (Wildman–Crippen LogP) is 4.32. The SMILES string of the molecule is CCCCN1C(=O)C(=O)/C(=C(\O)c2ccc(OCC)cc2)C1c1cccc(OC)c1. The van der Waals surface area contributed by atoms with Crippen LogP contribution in [0, 0.1) is 0 Å². The van der Waals surface area contributed by atoms with Gasteiger partial charge in [-0.1, -0.05) is 25.5 Å². The molecule has 1 fully saturated rings. The lowest BCUT2D eigenvalue weighted by Gasteiger charge is -2.25. The number of unbranched alkanes of at least 4 members (excludes halogenated alkanes) is 1. The largest absolute Gasteiger partial charge is 0.507 e. The van der Waals surface area contributed by atoms with Crippen molar-refractivity contribution in [1.82, 2.24) is 4.90 Å². The lowest BCUT2D eigenvalue weighted by molar-refractivity contribution is -0.139. The molecule has 1 N–H and O–H groups in total. The Morgan fingerprint density at radius 3 is 2.43 bits per heavy atom. The Morgan fingerprint density at radius 2 is 1.80 bits per heavy atom. The van der Waals surface area contributed by atoms with Crippen molar-refractivity contribution < 1.29 is 24.2 Å². The topological polar surface area (TPSA) is 76.1 Å². The van der Waals surface area contributed by atoms with E-state index < -0.39 is 17.7 Å². The predicted molar refractivity (Wildman–Crippen MR) is 115 cm³/mol. The van der Waals surface area contributed by atoms with Gasteiger partial charge >= 0.3 is 0 Å². The van der Waals surface area contributed by atoms with E-state index >= 15 is 0 Å². The van der Waals surface area contributed by atoms with Crippen LogP contribution in [0.4, 0.5) is 0 Å². The molecule has 30 heavy (non-hydrogen) atoms. The van der Waals surface area contributed by atoms with Gasteiger partial charge in [0.25, 0.3) is 11.7 Å². The Morgan fingerprint density at radius 1 is 1.07 bits per heavy atom. The maximum absolute atomic E-state index is 12.9. The zero-order chi connectivity index (χ0) is 21.7. The number of carbonyl (C=O) groups excluding carboxylic acids is 2. The summed E-state index contributed by atoms with van der Waals surface area (Å²) in [5, 5.41) is 11.0. The number of aliphatic hydroxyl groups is 1. The highest BCUT2D eigenvalue weighted by molar-refractivity contribution is 6.46. The molecule has 158 valence electrons. The molecular weight excluding hydrogens is 382 g/mol. The molecule has 0 aromatic heterocycles. The molecule has 3 rings (SSSR count). The summed E-state index contributed by atoms with van der Waals surface area (Å²) >= 11 is 0. The summed E-state index contributed by atoms with van der Waals surface area (Å²) < 4.78 is 10.8. The number of nitrogens with zero attached hydrogens (tertiary/aromatic N) is 1.